The van der Waals surface area contributed by atoms with Gasteiger partial charge in [-0.05, 0) is 18.2 Å². The lowest BCUT2D eigenvalue weighted by Crippen LogP contribution is -2.13. The van der Waals surface area contributed by atoms with Crippen molar-refractivity contribution in [1.29, 1.82) is 0 Å². The molecule has 0 unspecified atom stereocenters. The third kappa shape index (κ3) is 1.48. The fourth-order valence-corrected chi connectivity index (χ4v) is 2.51. The Morgan fingerprint density at radius 1 is 1.24 bits per heavy atom. The van der Waals surface area contributed by atoms with Crippen molar-refractivity contribution in [2.24, 2.45) is 0 Å². The molecule has 17 heavy (non-hydrogen) atoms. The number of benzene rings is 1. The lowest BCUT2D eigenvalue weighted by atomic mass is 9.99. The average molecular weight is 311 g/mol. The van der Waals surface area contributed by atoms with E-state index in [1.54, 1.807) is 6.07 Å². The van der Waals surface area contributed by atoms with Crippen molar-refractivity contribution < 1.29 is 9.59 Å². The van der Waals surface area contributed by atoms with E-state index in [-0.39, 0.29) is 16.6 Å². The first kappa shape index (κ1) is 10.7. The van der Waals surface area contributed by atoms with Gasteiger partial charge in [-0.3, -0.25) is 9.59 Å². The summed E-state index contributed by atoms with van der Waals surface area (Å²) in [5.74, 6) is -0.581. The summed E-state index contributed by atoms with van der Waals surface area (Å²) in [6.07, 6.45) is 1.15. The molecule has 0 bridgehead atoms. The highest BCUT2D eigenvalue weighted by molar-refractivity contribution is 9.10. The second-order valence-electron chi connectivity index (χ2n) is 3.75. The Balaban J connectivity index is 2.43. The second-order valence-corrected chi connectivity index (χ2v) is 5.07. The Morgan fingerprint density at radius 2 is 2.00 bits per heavy atom. The van der Waals surface area contributed by atoms with Crippen LogP contribution in [-0.2, 0) is 0 Å². The molecule has 0 radical (unpaired) electrons. The van der Waals surface area contributed by atoms with Crippen molar-refractivity contribution in [3.05, 3.63) is 45.0 Å². The summed E-state index contributed by atoms with van der Waals surface area (Å²) in [7, 11) is 0. The summed E-state index contributed by atoms with van der Waals surface area (Å²) in [4.78, 5) is 26.7. The molecule has 1 heterocycles. The van der Waals surface area contributed by atoms with Crippen LogP contribution in [0.25, 0.3) is 10.9 Å². The highest BCUT2D eigenvalue weighted by Gasteiger charge is 2.28. The van der Waals surface area contributed by atoms with Gasteiger partial charge in [0.1, 0.15) is 0 Å². The molecule has 0 aliphatic heterocycles. The number of fused-ring (bicyclic) bond motifs is 3. The molecule has 1 aromatic heterocycles. The van der Waals surface area contributed by atoms with Crippen molar-refractivity contribution >= 4 is 50.0 Å². The van der Waals surface area contributed by atoms with Crippen molar-refractivity contribution in [3.8, 4) is 0 Å². The van der Waals surface area contributed by atoms with Gasteiger partial charge in [-0.1, -0.05) is 27.5 Å². The maximum atomic E-state index is 12.0. The van der Waals surface area contributed by atoms with E-state index in [0.717, 1.165) is 16.1 Å². The van der Waals surface area contributed by atoms with Crippen LogP contribution < -0.4 is 0 Å². The van der Waals surface area contributed by atoms with Gasteiger partial charge in [0.05, 0.1) is 16.3 Å². The topological polar surface area (TPSA) is 49.9 Å². The number of hydrogen-bond donors (Lipinski definition) is 1. The predicted molar refractivity (Wildman–Crippen MR) is 68.6 cm³/mol. The summed E-state index contributed by atoms with van der Waals surface area (Å²) in [5, 5.41) is 0.669. The van der Waals surface area contributed by atoms with Gasteiger partial charge >= 0.3 is 0 Å². The number of halogens is 2. The second kappa shape index (κ2) is 3.55. The van der Waals surface area contributed by atoms with Crippen LogP contribution in [0.15, 0.2) is 33.8 Å². The molecule has 3 nitrogen and oxygen atoms in total. The molecule has 0 amide bonds. The van der Waals surface area contributed by atoms with Crippen LogP contribution in [0.1, 0.15) is 20.8 Å². The first-order chi connectivity index (χ1) is 8.08. The molecule has 2 aromatic rings. The van der Waals surface area contributed by atoms with E-state index in [1.165, 1.54) is 0 Å². The fourth-order valence-electron chi connectivity index (χ4n) is 1.96. The number of aromatic nitrogens is 1. The Kier molecular flexibility index (Phi) is 2.24. The number of nitrogens with one attached hydrogen (secondary N) is 1. The molecule has 0 atom stereocenters. The molecule has 0 saturated carbocycles. The van der Waals surface area contributed by atoms with Crippen LogP contribution >= 0.6 is 27.5 Å². The maximum absolute atomic E-state index is 12.0. The van der Waals surface area contributed by atoms with Crippen LogP contribution in [-0.4, -0.2) is 16.6 Å². The Bertz CT molecular complexity index is 715. The fraction of sp³-hybridized carbons (Fsp3) is 0. The highest BCUT2D eigenvalue weighted by Crippen LogP contribution is 2.31. The lowest BCUT2D eigenvalue weighted by Gasteiger charge is -2.06. The van der Waals surface area contributed by atoms with Crippen molar-refractivity contribution in [2.75, 3.05) is 0 Å². The Morgan fingerprint density at radius 3 is 2.76 bits per heavy atom. The lowest BCUT2D eigenvalue weighted by molar-refractivity contribution is 0.0989. The summed E-state index contributed by atoms with van der Waals surface area (Å²) in [6.45, 7) is 0. The molecule has 0 fully saturated rings. The van der Waals surface area contributed by atoms with Gasteiger partial charge < -0.3 is 4.98 Å². The standard InChI is InChI=1S/C12H5BrClNO2/c13-5-1-2-8-6(3-5)10-11(15-8)9(16)4-7(14)12(10)17/h1-4,15H. The van der Waals surface area contributed by atoms with Gasteiger partial charge in [0.15, 0.2) is 0 Å². The number of Topliss-reactive ketones (excluding diaryl/α,β-unsaturated/α-hetero) is 1. The minimum absolute atomic E-state index is 0.0385. The first-order valence-corrected chi connectivity index (χ1v) is 6.02. The van der Waals surface area contributed by atoms with Gasteiger partial charge in [0.25, 0.3) is 0 Å². The van der Waals surface area contributed by atoms with Gasteiger partial charge in [-0.25, -0.2) is 0 Å². The van der Waals surface area contributed by atoms with Gasteiger partial charge in [0, 0.05) is 21.5 Å². The third-order valence-electron chi connectivity index (χ3n) is 2.71. The number of H-pyrrole nitrogens is 1. The minimum atomic E-state index is -0.314. The van der Waals surface area contributed by atoms with Crippen LogP contribution in [0, 0.1) is 0 Å². The quantitative estimate of drug-likeness (QED) is 0.810. The zero-order chi connectivity index (χ0) is 12.2. The molecule has 0 saturated heterocycles. The first-order valence-electron chi connectivity index (χ1n) is 4.85. The molecule has 1 aliphatic rings. The molecule has 1 aromatic carbocycles. The number of ketones is 2. The SMILES string of the molecule is O=C1C=C(Cl)C(=O)c2c1[nH]c1ccc(Br)cc21. The molecular formula is C12H5BrClNO2. The van der Waals surface area contributed by atoms with Gasteiger partial charge in [0.2, 0.25) is 11.6 Å². The molecule has 1 N–H and O–H groups in total. The smallest absolute Gasteiger partial charge is 0.207 e. The number of aromatic amines is 1. The Hall–Kier alpha value is -1.39. The van der Waals surface area contributed by atoms with Crippen molar-refractivity contribution in [1.82, 2.24) is 4.98 Å². The molecule has 84 valence electrons. The third-order valence-corrected chi connectivity index (χ3v) is 3.48. The van der Waals surface area contributed by atoms with E-state index in [2.05, 4.69) is 20.9 Å². The van der Waals surface area contributed by atoms with E-state index in [1.807, 2.05) is 12.1 Å². The van der Waals surface area contributed by atoms with Gasteiger partial charge in [-0.15, -0.1) is 0 Å². The molecule has 3 rings (SSSR count). The van der Waals surface area contributed by atoms with Gasteiger partial charge in [-0.2, -0.15) is 0 Å². The van der Waals surface area contributed by atoms with Crippen LogP contribution in [0.3, 0.4) is 0 Å². The molecule has 5 heteroatoms. The maximum Gasteiger partial charge on any atom is 0.207 e. The number of rotatable bonds is 0. The highest BCUT2D eigenvalue weighted by atomic mass is 79.9. The van der Waals surface area contributed by atoms with E-state index < -0.39 is 0 Å². The monoisotopic (exact) mass is 309 g/mol. The number of carbonyl (C=O) groups is 2. The zero-order valence-electron chi connectivity index (χ0n) is 8.38. The normalized spacial score (nSPS) is 15.1. The van der Waals surface area contributed by atoms with Crippen LogP contribution in [0.4, 0.5) is 0 Å². The summed E-state index contributed by atoms with van der Waals surface area (Å²) in [6, 6.07) is 5.45. The van der Waals surface area contributed by atoms with Crippen LogP contribution in [0.5, 0.6) is 0 Å². The average Bonchev–Trinajstić information content (AvgIpc) is 2.65. The molecule has 0 spiro atoms. The van der Waals surface area contributed by atoms with Crippen molar-refractivity contribution in [2.45, 2.75) is 0 Å². The summed E-state index contributed by atoms with van der Waals surface area (Å²) >= 11 is 9.09. The molecule has 1 aliphatic carbocycles. The van der Waals surface area contributed by atoms with E-state index in [4.69, 9.17) is 11.6 Å². The summed E-state index contributed by atoms with van der Waals surface area (Å²) in [5.41, 5.74) is 1.42. The Labute approximate surface area is 110 Å². The molecular weight excluding hydrogens is 305 g/mol. The van der Waals surface area contributed by atoms with E-state index in [9.17, 15) is 9.59 Å². The van der Waals surface area contributed by atoms with E-state index in [0.29, 0.717) is 16.6 Å². The van der Waals surface area contributed by atoms with Crippen molar-refractivity contribution in [3.63, 3.8) is 0 Å². The number of carbonyl (C=O) groups excluding carboxylic acids is 2. The minimum Gasteiger partial charge on any atom is -0.351 e. The summed E-state index contributed by atoms with van der Waals surface area (Å²) < 4.78 is 0.845. The largest absolute Gasteiger partial charge is 0.351 e. The zero-order valence-corrected chi connectivity index (χ0v) is 10.7. The number of allylic oxidation sites excluding steroid dienone is 2. The van der Waals surface area contributed by atoms with E-state index >= 15 is 0 Å². The number of hydrogen-bond acceptors (Lipinski definition) is 2. The predicted octanol–water partition coefficient (Wildman–Crippen LogP) is 3.43. The van der Waals surface area contributed by atoms with Crippen LogP contribution in [0.2, 0.25) is 0 Å².